The van der Waals surface area contributed by atoms with Crippen molar-refractivity contribution in [2.24, 2.45) is 0 Å². The number of hydrogen-bond acceptors (Lipinski definition) is 5. The highest BCUT2D eigenvalue weighted by molar-refractivity contribution is 7.19. The van der Waals surface area contributed by atoms with Crippen LogP contribution in [0.5, 0.6) is 5.75 Å². The average Bonchev–Trinajstić information content (AvgIpc) is 3.45. The minimum absolute atomic E-state index is 0.0672. The van der Waals surface area contributed by atoms with Crippen LogP contribution in [0.25, 0.3) is 10.1 Å². The maximum atomic E-state index is 13.3. The van der Waals surface area contributed by atoms with Crippen LogP contribution in [0.1, 0.15) is 29.3 Å². The molecule has 1 aliphatic rings. The van der Waals surface area contributed by atoms with Crippen molar-refractivity contribution in [3.63, 3.8) is 0 Å². The molecule has 4 rings (SSSR count). The Morgan fingerprint density at radius 3 is 2.66 bits per heavy atom. The zero-order valence-electron chi connectivity index (χ0n) is 18.2. The van der Waals surface area contributed by atoms with E-state index in [0.717, 1.165) is 30.1 Å². The molecule has 1 aromatic heterocycles. The molecule has 7 heteroatoms. The number of carboxylic acid groups (broad SMARTS) is 1. The van der Waals surface area contributed by atoms with Gasteiger partial charge in [0.15, 0.2) is 6.61 Å². The minimum atomic E-state index is -1.01. The number of fused-ring (bicyclic) bond motifs is 1. The van der Waals surface area contributed by atoms with E-state index < -0.39 is 5.97 Å². The van der Waals surface area contributed by atoms with Gasteiger partial charge in [0.1, 0.15) is 5.75 Å². The number of likely N-dealkylation sites (N-methyl/N-ethyl adjacent to an activating group) is 1. The summed E-state index contributed by atoms with van der Waals surface area (Å²) < 4.78 is 6.57. The fraction of sp³-hybridized carbons (Fsp3) is 0.360. The number of rotatable bonds is 9. The lowest BCUT2D eigenvalue weighted by Crippen LogP contribution is -2.39. The van der Waals surface area contributed by atoms with E-state index in [9.17, 15) is 9.59 Å². The predicted octanol–water partition coefficient (Wildman–Crippen LogP) is 4.20. The first-order chi connectivity index (χ1) is 15.5. The number of thiophene rings is 1. The molecule has 0 saturated carbocycles. The molecule has 1 fully saturated rings. The molecule has 1 saturated heterocycles. The Balaban J connectivity index is 1.54. The number of ether oxygens (including phenoxy) is 1. The lowest BCUT2D eigenvalue weighted by Gasteiger charge is -2.32. The fourth-order valence-electron chi connectivity index (χ4n) is 4.19. The maximum Gasteiger partial charge on any atom is 0.341 e. The molecule has 0 radical (unpaired) electrons. The lowest BCUT2D eigenvalue weighted by molar-refractivity contribution is -0.139. The lowest BCUT2D eigenvalue weighted by atomic mass is 10.0. The van der Waals surface area contributed by atoms with Crippen LogP contribution in [-0.2, 0) is 16.0 Å². The van der Waals surface area contributed by atoms with Crippen molar-refractivity contribution in [1.82, 2.24) is 9.80 Å². The van der Waals surface area contributed by atoms with E-state index in [1.165, 1.54) is 22.9 Å². The first-order valence-corrected chi connectivity index (χ1v) is 11.7. The van der Waals surface area contributed by atoms with E-state index in [1.54, 1.807) is 17.4 Å². The van der Waals surface area contributed by atoms with Crippen LogP contribution >= 0.6 is 11.3 Å². The number of likely N-dealkylation sites (tertiary alicyclic amines) is 1. The summed E-state index contributed by atoms with van der Waals surface area (Å²) in [4.78, 5) is 29.4. The van der Waals surface area contributed by atoms with Gasteiger partial charge in [0, 0.05) is 23.2 Å². The first kappa shape index (κ1) is 22.3. The summed E-state index contributed by atoms with van der Waals surface area (Å²) in [5.41, 5.74) is 0.951. The fourth-order valence-corrected chi connectivity index (χ4v) is 5.24. The molecule has 0 spiro atoms. The Morgan fingerprint density at radius 1 is 1.12 bits per heavy atom. The quantitative estimate of drug-likeness (QED) is 0.527. The second-order valence-corrected chi connectivity index (χ2v) is 9.38. The minimum Gasteiger partial charge on any atom is -0.482 e. The summed E-state index contributed by atoms with van der Waals surface area (Å²) in [6, 6.07) is 17.6. The molecular formula is C25H28N2O4S. The Bertz CT molecular complexity index is 1060. The van der Waals surface area contributed by atoms with Crippen molar-refractivity contribution in [3.8, 4) is 5.75 Å². The van der Waals surface area contributed by atoms with Crippen molar-refractivity contribution in [2.75, 3.05) is 33.3 Å². The highest BCUT2D eigenvalue weighted by Gasteiger charge is 2.26. The number of amides is 1. The Labute approximate surface area is 192 Å². The largest absolute Gasteiger partial charge is 0.482 e. The number of carbonyl (C=O) groups excluding carboxylic acids is 1. The van der Waals surface area contributed by atoms with Crippen LogP contribution < -0.4 is 4.74 Å². The van der Waals surface area contributed by atoms with E-state index in [-0.39, 0.29) is 18.6 Å². The zero-order valence-corrected chi connectivity index (χ0v) is 19.0. The summed E-state index contributed by atoms with van der Waals surface area (Å²) in [6.07, 6.45) is 2.71. The first-order valence-electron chi connectivity index (χ1n) is 10.9. The van der Waals surface area contributed by atoms with E-state index >= 15 is 0 Å². The Kier molecular flexibility index (Phi) is 7.07. The van der Waals surface area contributed by atoms with Crippen LogP contribution in [0.2, 0.25) is 0 Å². The summed E-state index contributed by atoms with van der Waals surface area (Å²) in [6.45, 7) is 2.42. The highest BCUT2D eigenvalue weighted by Crippen LogP contribution is 2.29. The molecule has 2 aromatic carbocycles. The molecule has 32 heavy (non-hydrogen) atoms. The molecule has 0 bridgehead atoms. The Hall–Kier alpha value is -2.90. The van der Waals surface area contributed by atoms with Crippen LogP contribution in [0.15, 0.2) is 54.6 Å². The number of carboxylic acids is 1. The van der Waals surface area contributed by atoms with E-state index in [1.807, 2.05) is 42.3 Å². The molecule has 1 aliphatic heterocycles. The van der Waals surface area contributed by atoms with Crippen molar-refractivity contribution in [1.29, 1.82) is 0 Å². The second-order valence-electron chi connectivity index (χ2n) is 8.21. The van der Waals surface area contributed by atoms with Gasteiger partial charge in [-0.2, -0.15) is 0 Å². The Morgan fingerprint density at radius 2 is 1.91 bits per heavy atom. The van der Waals surface area contributed by atoms with Gasteiger partial charge in [-0.05, 0) is 61.1 Å². The third kappa shape index (κ3) is 5.47. The smallest absolute Gasteiger partial charge is 0.341 e. The normalized spacial score (nSPS) is 15.0. The van der Waals surface area contributed by atoms with Crippen molar-refractivity contribution in [2.45, 2.75) is 25.3 Å². The maximum absolute atomic E-state index is 13.3. The second kappa shape index (κ2) is 10.1. The number of aliphatic carboxylic acids is 1. The van der Waals surface area contributed by atoms with E-state index in [4.69, 9.17) is 9.84 Å². The van der Waals surface area contributed by atoms with Gasteiger partial charge in [-0.25, -0.2) is 4.79 Å². The zero-order chi connectivity index (χ0) is 22.5. The average molecular weight is 453 g/mol. The highest BCUT2D eigenvalue weighted by atomic mass is 32.1. The van der Waals surface area contributed by atoms with Gasteiger partial charge >= 0.3 is 5.97 Å². The monoisotopic (exact) mass is 452 g/mol. The van der Waals surface area contributed by atoms with Crippen LogP contribution in [0, 0.1) is 0 Å². The molecular weight excluding hydrogens is 424 g/mol. The van der Waals surface area contributed by atoms with Gasteiger partial charge in [-0.1, -0.05) is 30.3 Å². The van der Waals surface area contributed by atoms with Crippen molar-refractivity contribution < 1.29 is 19.4 Å². The molecule has 168 valence electrons. The number of hydrogen-bond donors (Lipinski definition) is 1. The van der Waals surface area contributed by atoms with E-state index in [0.29, 0.717) is 12.2 Å². The molecule has 0 aliphatic carbocycles. The molecule has 1 N–H and O–H groups in total. The third-order valence-electron chi connectivity index (χ3n) is 5.90. The number of benzene rings is 2. The van der Waals surface area contributed by atoms with Gasteiger partial charge < -0.3 is 19.6 Å². The summed E-state index contributed by atoms with van der Waals surface area (Å²) in [5.74, 6) is -0.445. The number of carbonyl (C=O) groups is 2. The topological polar surface area (TPSA) is 70.1 Å². The van der Waals surface area contributed by atoms with Gasteiger partial charge in [0.05, 0.1) is 12.5 Å². The van der Waals surface area contributed by atoms with Gasteiger partial charge in [0.25, 0.3) is 0 Å². The molecule has 3 aromatic rings. The molecule has 1 amide bonds. The molecule has 0 unspecified atom stereocenters. The van der Waals surface area contributed by atoms with Gasteiger partial charge in [0.2, 0.25) is 5.91 Å². The SMILES string of the molecule is CN(C(=O)Cc1cc2ccccc2s1)[C@H](CN1CCCC1)c1cccc(OCC(=O)O)c1. The standard InChI is InChI=1S/C25H28N2O4S/c1-26(24(28)15-21-14-19-7-2-3-10-23(19)32-21)22(16-27-11-4-5-12-27)18-8-6-9-20(13-18)31-17-25(29)30/h2-3,6-10,13-14,22H,4-5,11-12,15-17H2,1H3,(H,29,30)/t22-/m1/s1. The molecule has 1 atom stereocenters. The van der Waals surface area contributed by atoms with Crippen molar-refractivity contribution >= 4 is 33.3 Å². The van der Waals surface area contributed by atoms with Gasteiger partial charge in [-0.15, -0.1) is 11.3 Å². The summed E-state index contributed by atoms with van der Waals surface area (Å²) >= 11 is 1.66. The predicted molar refractivity (Wildman–Crippen MR) is 126 cm³/mol. The molecule has 6 nitrogen and oxygen atoms in total. The third-order valence-corrected chi connectivity index (χ3v) is 7.01. The molecule has 2 heterocycles. The van der Waals surface area contributed by atoms with E-state index in [2.05, 4.69) is 23.1 Å². The summed E-state index contributed by atoms with van der Waals surface area (Å²) in [7, 11) is 1.86. The van der Waals surface area contributed by atoms with Gasteiger partial charge in [-0.3, -0.25) is 4.79 Å². The number of nitrogens with zero attached hydrogens (tertiary/aromatic N) is 2. The van der Waals surface area contributed by atoms with Crippen LogP contribution in [0.3, 0.4) is 0 Å². The summed E-state index contributed by atoms with van der Waals surface area (Å²) in [5, 5.41) is 10.1. The van der Waals surface area contributed by atoms with Crippen LogP contribution in [-0.4, -0.2) is 60.1 Å². The van der Waals surface area contributed by atoms with Crippen molar-refractivity contribution in [3.05, 3.63) is 65.0 Å². The van der Waals surface area contributed by atoms with Crippen LogP contribution in [0.4, 0.5) is 0 Å².